The molecule has 0 spiro atoms. The van der Waals surface area contributed by atoms with Crippen molar-refractivity contribution in [1.29, 1.82) is 0 Å². The fraction of sp³-hybridized carbons (Fsp3) is 0.192. The number of amides is 1. The molecule has 36 heavy (non-hydrogen) atoms. The van der Waals surface area contributed by atoms with E-state index in [1.165, 1.54) is 12.1 Å². The highest BCUT2D eigenvalue weighted by atomic mass is 19.1. The summed E-state index contributed by atoms with van der Waals surface area (Å²) < 4.78 is 31.6. The Bertz CT molecular complexity index is 1400. The van der Waals surface area contributed by atoms with Crippen molar-refractivity contribution in [3.63, 3.8) is 0 Å². The zero-order chi connectivity index (χ0) is 24.9. The molecule has 10 heteroatoms. The van der Waals surface area contributed by atoms with Gasteiger partial charge in [-0.3, -0.25) is 4.79 Å². The van der Waals surface area contributed by atoms with Crippen LogP contribution in [0.25, 0.3) is 11.0 Å². The number of aromatic nitrogens is 3. The third-order valence-corrected chi connectivity index (χ3v) is 5.29. The molecule has 0 atom stereocenters. The van der Waals surface area contributed by atoms with Gasteiger partial charge >= 0.3 is 0 Å². The SMILES string of the molecule is C=CC(=O)Nc1cccc(Oc2nc(Nc3ccc(OCCOC4CC4)c(F)c3)nc3[nH]ccc23)c1. The van der Waals surface area contributed by atoms with Gasteiger partial charge in [-0.25, -0.2) is 4.39 Å². The van der Waals surface area contributed by atoms with Gasteiger partial charge in [0, 0.05) is 29.7 Å². The van der Waals surface area contributed by atoms with E-state index in [9.17, 15) is 9.18 Å². The average Bonchev–Trinajstić information content (AvgIpc) is 3.57. The minimum Gasteiger partial charge on any atom is -0.488 e. The van der Waals surface area contributed by atoms with Gasteiger partial charge in [-0.05, 0) is 49.2 Å². The highest BCUT2D eigenvalue weighted by Gasteiger charge is 2.21. The number of hydrogen-bond donors (Lipinski definition) is 3. The topological polar surface area (TPSA) is 110 Å². The fourth-order valence-corrected chi connectivity index (χ4v) is 3.41. The van der Waals surface area contributed by atoms with E-state index >= 15 is 0 Å². The molecule has 1 fully saturated rings. The lowest BCUT2D eigenvalue weighted by molar-refractivity contribution is -0.111. The normalized spacial score (nSPS) is 12.8. The molecule has 0 bridgehead atoms. The van der Waals surface area contributed by atoms with Gasteiger partial charge in [0.25, 0.3) is 0 Å². The number of nitrogens with one attached hydrogen (secondary N) is 3. The number of anilines is 3. The molecule has 0 saturated heterocycles. The van der Waals surface area contributed by atoms with Crippen molar-refractivity contribution < 1.29 is 23.4 Å². The third kappa shape index (κ3) is 5.78. The molecule has 9 nitrogen and oxygen atoms in total. The van der Waals surface area contributed by atoms with E-state index < -0.39 is 5.82 Å². The monoisotopic (exact) mass is 489 g/mol. The molecule has 1 amide bonds. The van der Waals surface area contributed by atoms with Gasteiger partial charge in [0.2, 0.25) is 17.7 Å². The minimum absolute atomic E-state index is 0.146. The van der Waals surface area contributed by atoms with E-state index in [1.807, 2.05) is 0 Å². The van der Waals surface area contributed by atoms with Crippen LogP contribution in [0.15, 0.2) is 67.4 Å². The van der Waals surface area contributed by atoms with E-state index in [4.69, 9.17) is 14.2 Å². The molecule has 1 saturated carbocycles. The molecule has 5 rings (SSSR count). The lowest BCUT2D eigenvalue weighted by atomic mass is 10.3. The van der Waals surface area contributed by atoms with Gasteiger partial charge < -0.3 is 29.8 Å². The van der Waals surface area contributed by atoms with E-state index in [0.717, 1.165) is 12.8 Å². The second-order valence-electron chi connectivity index (χ2n) is 8.10. The minimum atomic E-state index is -0.512. The highest BCUT2D eigenvalue weighted by Crippen LogP contribution is 2.31. The summed E-state index contributed by atoms with van der Waals surface area (Å²) in [7, 11) is 0. The molecule has 2 heterocycles. The number of H-pyrrole nitrogens is 1. The Hall–Kier alpha value is -4.44. The van der Waals surface area contributed by atoms with Gasteiger partial charge in [0.1, 0.15) is 18.0 Å². The largest absolute Gasteiger partial charge is 0.488 e. The molecule has 184 valence electrons. The first kappa shape index (κ1) is 23.3. The predicted octanol–water partition coefficient (Wildman–Crippen LogP) is 5.32. The van der Waals surface area contributed by atoms with Crippen molar-refractivity contribution in [2.24, 2.45) is 0 Å². The second kappa shape index (κ2) is 10.4. The molecule has 3 N–H and O–H groups in total. The summed E-state index contributed by atoms with van der Waals surface area (Å²) in [6.07, 6.45) is 5.40. The van der Waals surface area contributed by atoms with Crippen LogP contribution >= 0.6 is 0 Å². The molecule has 2 aromatic carbocycles. The van der Waals surface area contributed by atoms with Crippen molar-refractivity contribution in [2.45, 2.75) is 18.9 Å². The van der Waals surface area contributed by atoms with Crippen LogP contribution in [0.4, 0.5) is 21.7 Å². The van der Waals surface area contributed by atoms with Crippen LogP contribution in [0.3, 0.4) is 0 Å². The Morgan fingerprint density at radius 3 is 2.83 bits per heavy atom. The number of rotatable bonds is 11. The van der Waals surface area contributed by atoms with E-state index in [0.29, 0.717) is 40.9 Å². The highest BCUT2D eigenvalue weighted by molar-refractivity contribution is 5.99. The summed E-state index contributed by atoms with van der Waals surface area (Å²) in [5.41, 5.74) is 1.53. The average molecular weight is 490 g/mol. The molecule has 1 aliphatic carbocycles. The number of carbonyl (C=O) groups excluding carboxylic acids is 1. The second-order valence-corrected chi connectivity index (χ2v) is 8.10. The number of benzene rings is 2. The van der Waals surface area contributed by atoms with E-state index in [1.54, 1.807) is 48.7 Å². The van der Waals surface area contributed by atoms with Gasteiger partial charge in [0.05, 0.1) is 18.1 Å². The summed E-state index contributed by atoms with van der Waals surface area (Å²) >= 11 is 0. The summed E-state index contributed by atoms with van der Waals surface area (Å²) in [5, 5.41) is 6.35. The van der Waals surface area contributed by atoms with Gasteiger partial charge in [-0.2, -0.15) is 9.97 Å². The predicted molar refractivity (Wildman–Crippen MR) is 133 cm³/mol. The first-order valence-corrected chi connectivity index (χ1v) is 11.4. The first-order valence-electron chi connectivity index (χ1n) is 11.4. The smallest absolute Gasteiger partial charge is 0.247 e. The molecule has 0 unspecified atom stereocenters. The number of halogens is 1. The number of aromatic amines is 1. The number of hydrogen-bond acceptors (Lipinski definition) is 7. The molecule has 1 aliphatic rings. The van der Waals surface area contributed by atoms with Crippen LogP contribution < -0.4 is 20.1 Å². The standard InChI is InChI=1S/C26H24FN5O4/c1-2-23(33)29-16-4-3-5-19(14-16)36-25-20-10-11-28-24(20)31-26(32-25)30-17-6-9-22(21(27)15-17)35-13-12-34-18-7-8-18/h2-6,9-11,14-15,18H,1,7-8,12-13H2,(H,29,33)(H2,28,30,31,32). The molecule has 2 aromatic heterocycles. The van der Waals surface area contributed by atoms with Gasteiger partial charge in [-0.15, -0.1) is 0 Å². The number of carbonyl (C=O) groups is 1. The van der Waals surface area contributed by atoms with Crippen molar-refractivity contribution >= 4 is 34.3 Å². The van der Waals surface area contributed by atoms with Crippen LogP contribution in [0, 0.1) is 5.82 Å². The number of ether oxygens (including phenoxy) is 3. The Balaban J connectivity index is 1.31. The molecular formula is C26H24FN5O4. The lowest BCUT2D eigenvalue weighted by Crippen LogP contribution is -2.08. The summed E-state index contributed by atoms with van der Waals surface area (Å²) in [4.78, 5) is 23.5. The van der Waals surface area contributed by atoms with Crippen LogP contribution in [-0.4, -0.2) is 40.2 Å². The van der Waals surface area contributed by atoms with Crippen molar-refractivity contribution in [3.05, 3.63) is 73.2 Å². The van der Waals surface area contributed by atoms with Gasteiger partial charge in [-0.1, -0.05) is 12.6 Å². The first-order chi connectivity index (χ1) is 17.6. The molecule has 4 aromatic rings. The van der Waals surface area contributed by atoms with Crippen LogP contribution in [-0.2, 0) is 9.53 Å². The number of nitrogens with zero attached hydrogens (tertiary/aromatic N) is 2. The Kier molecular flexibility index (Phi) is 6.76. The maximum absolute atomic E-state index is 14.6. The Morgan fingerprint density at radius 2 is 2.03 bits per heavy atom. The van der Waals surface area contributed by atoms with Crippen molar-refractivity contribution in [2.75, 3.05) is 23.8 Å². The van der Waals surface area contributed by atoms with Crippen molar-refractivity contribution in [3.8, 4) is 17.4 Å². The van der Waals surface area contributed by atoms with E-state index in [-0.39, 0.29) is 30.1 Å². The van der Waals surface area contributed by atoms with E-state index in [2.05, 4.69) is 32.2 Å². The molecule has 0 aliphatic heterocycles. The Morgan fingerprint density at radius 1 is 1.14 bits per heavy atom. The Labute approximate surface area is 206 Å². The zero-order valence-corrected chi connectivity index (χ0v) is 19.3. The molecular weight excluding hydrogens is 465 g/mol. The third-order valence-electron chi connectivity index (χ3n) is 5.29. The zero-order valence-electron chi connectivity index (χ0n) is 19.3. The van der Waals surface area contributed by atoms with Crippen molar-refractivity contribution in [1.82, 2.24) is 15.0 Å². The maximum Gasteiger partial charge on any atom is 0.247 e. The number of fused-ring (bicyclic) bond motifs is 1. The summed E-state index contributed by atoms with van der Waals surface area (Å²) in [6, 6.07) is 13.2. The lowest BCUT2D eigenvalue weighted by Gasteiger charge is -2.12. The fourth-order valence-electron chi connectivity index (χ4n) is 3.41. The summed E-state index contributed by atoms with van der Waals surface area (Å²) in [5.74, 6) is 0.260. The summed E-state index contributed by atoms with van der Waals surface area (Å²) in [6.45, 7) is 4.16. The van der Waals surface area contributed by atoms with Gasteiger partial charge in [0.15, 0.2) is 11.6 Å². The molecule has 0 radical (unpaired) electrons. The van der Waals surface area contributed by atoms with Crippen LogP contribution in [0.1, 0.15) is 12.8 Å². The quantitative estimate of drug-likeness (QED) is 0.193. The van der Waals surface area contributed by atoms with Crippen LogP contribution in [0.5, 0.6) is 17.4 Å². The maximum atomic E-state index is 14.6. The van der Waals surface area contributed by atoms with Crippen LogP contribution in [0.2, 0.25) is 0 Å².